The third kappa shape index (κ3) is 1.27. The van der Waals surface area contributed by atoms with Crippen LogP contribution >= 0.6 is 0 Å². The number of carbonyl (C=O) groups is 1. The lowest BCUT2D eigenvalue weighted by molar-refractivity contribution is -0.125. The highest BCUT2D eigenvalue weighted by atomic mass is 16.5. The third-order valence-electron chi connectivity index (χ3n) is 3.22. The van der Waals surface area contributed by atoms with Crippen LogP contribution in [0.25, 0.3) is 0 Å². The molecule has 2 fully saturated rings. The standard InChI is InChI=1S/C10H15NO2/c1-3-9(12)11-4-8-5-13-7-10(8,2)6-11/h3,8H,1,4-7H2,2H3. The summed E-state index contributed by atoms with van der Waals surface area (Å²) in [6, 6.07) is 0. The molecule has 2 aliphatic rings. The molecule has 0 bridgehead atoms. The van der Waals surface area contributed by atoms with Gasteiger partial charge in [-0.2, -0.15) is 0 Å². The van der Waals surface area contributed by atoms with Gasteiger partial charge in [0.05, 0.1) is 13.2 Å². The number of hydrogen-bond acceptors (Lipinski definition) is 2. The Bertz CT molecular complexity index is 251. The summed E-state index contributed by atoms with van der Waals surface area (Å²) in [5, 5.41) is 0. The number of hydrogen-bond donors (Lipinski definition) is 0. The average Bonchev–Trinajstić information content (AvgIpc) is 2.57. The minimum Gasteiger partial charge on any atom is -0.380 e. The lowest BCUT2D eigenvalue weighted by atomic mass is 9.83. The molecule has 0 N–H and O–H groups in total. The van der Waals surface area contributed by atoms with Crippen LogP contribution in [0.5, 0.6) is 0 Å². The highest BCUT2D eigenvalue weighted by Crippen LogP contribution is 2.40. The molecule has 0 saturated carbocycles. The van der Waals surface area contributed by atoms with Crippen LogP contribution in [0.3, 0.4) is 0 Å². The van der Waals surface area contributed by atoms with E-state index in [1.807, 2.05) is 4.90 Å². The number of ether oxygens (including phenoxy) is 1. The Morgan fingerprint density at radius 3 is 3.15 bits per heavy atom. The normalized spacial score (nSPS) is 37.6. The smallest absolute Gasteiger partial charge is 0.245 e. The summed E-state index contributed by atoms with van der Waals surface area (Å²) in [7, 11) is 0. The van der Waals surface area contributed by atoms with E-state index in [0.29, 0.717) is 5.92 Å². The Kier molecular flexibility index (Phi) is 1.91. The molecule has 0 aliphatic carbocycles. The van der Waals surface area contributed by atoms with Crippen molar-refractivity contribution in [1.82, 2.24) is 4.90 Å². The molecule has 3 nitrogen and oxygen atoms in total. The lowest BCUT2D eigenvalue weighted by Gasteiger charge is -2.20. The van der Waals surface area contributed by atoms with Gasteiger partial charge in [0.2, 0.25) is 5.91 Å². The first-order valence-corrected chi connectivity index (χ1v) is 4.65. The average molecular weight is 181 g/mol. The Balaban J connectivity index is 2.09. The maximum Gasteiger partial charge on any atom is 0.245 e. The number of likely N-dealkylation sites (tertiary alicyclic amines) is 1. The van der Waals surface area contributed by atoms with Gasteiger partial charge in [0.1, 0.15) is 0 Å². The van der Waals surface area contributed by atoms with Crippen LogP contribution in [-0.4, -0.2) is 37.1 Å². The molecule has 2 saturated heterocycles. The largest absolute Gasteiger partial charge is 0.380 e. The molecule has 0 radical (unpaired) electrons. The Morgan fingerprint density at radius 1 is 1.77 bits per heavy atom. The van der Waals surface area contributed by atoms with E-state index in [2.05, 4.69) is 13.5 Å². The van der Waals surface area contributed by atoms with Crippen molar-refractivity contribution in [3.05, 3.63) is 12.7 Å². The van der Waals surface area contributed by atoms with Gasteiger partial charge in [-0.05, 0) is 6.08 Å². The molecule has 2 rings (SSSR count). The highest BCUT2D eigenvalue weighted by Gasteiger charge is 2.47. The van der Waals surface area contributed by atoms with E-state index in [1.165, 1.54) is 6.08 Å². The molecule has 2 aliphatic heterocycles. The number of amides is 1. The monoisotopic (exact) mass is 181 g/mol. The van der Waals surface area contributed by atoms with E-state index in [1.54, 1.807) is 0 Å². The summed E-state index contributed by atoms with van der Waals surface area (Å²) in [6.07, 6.45) is 1.39. The van der Waals surface area contributed by atoms with E-state index in [9.17, 15) is 4.79 Å². The molecular weight excluding hydrogens is 166 g/mol. The van der Waals surface area contributed by atoms with E-state index >= 15 is 0 Å². The molecule has 0 aromatic carbocycles. The molecule has 0 aromatic heterocycles. The van der Waals surface area contributed by atoms with Crippen molar-refractivity contribution in [2.45, 2.75) is 6.92 Å². The lowest BCUT2D eigenvalue weighted by Crippen LogP contribution is -2.30. The zero-order chi connectivity index (χ0) is 9.47. The topological polar surface area (TPSA) is 29.5 Å². The first-order chi connectivity index (χ1) is 6.15. The molecule has 13 heavy (non-hydrogen) atoms. The maximum atomic E-state index is 11.4. The number of rotatable bonds is 1. The molecule has 2 heterocycles. The third-order valence-corrected chi connectivity index (χ3v) is 3.22. The summed E-state index contributed by atoms with van der Waals surface area (Å²) in [5.74, 6) is 0.576. The second kappa shape index (κ2) is 2.84. The van der Waals surface area contributed by atoms with Crippen LogP contribution < -0.4 is 0 Å². The zero-order valence-corrected chi connectivity index (χ0v) is 7.95. The number of fused-ring (bicyclic) bond motifs is 1. The van der Waals surface area contributed by atoms with E-state index in [-0.39, 0.29) is 11.3 Å². The van der Waals surface area contributed by atoms with Gasteiger partial charge in [-0.3, -0.25) is 4.79 Å². The van der Waals surface area contributed by atoms with Crippen molar-refractivity contribution in [2.24, 2.45) is 11.3 Å². The molecule has 72 valence electrons. The van der Waals surface area contributed by atoms with Crippen LogP contribution in [0.1, 0.15) is 6.92 Å². The van der Waals surface area contributed by atoms with Crippen molar-refractivity contribution in [3.63, 3.8) is 0 Å². The summed E-state index contributed by atoms with van der Waals surface area (Å²) in [5.41, 5.74) is 0.193. The summed E-state index contributed by atoms with van der Waals surface area (Å²) in [4.78, 5) is 13.2. The van der Waals surface area contributed by atoms with Gasteiger partial charge < -0.3 is 9.64 Å². The van der Waals surface area contributed by atoms with Gasteiger partial charge in [0, 0.05) is 24.4 Å². The predicted molar refractivity (Wildman–Crippen MR) is 49.2 cm³/mol. The minimum absolute atomic E-state index is 0.0515. The molecule has 1 amide bonds. The SMILES string of the molecule is C=CC(=O)N1CC2COCC2(C)C1. The Hall–Kier alpha value is -0.830. The Labute approximate surface area is 78.4 Å². The van der Waals surface area contributed by atoms with E-state index < -0.39 is 0 Å². The summed E-state index contributed by atoms with van der Waals surface area (Å²) >= 11 is 0. The Morgan fingerprint density at radius 2 is 2.54 bits per heavy atom. The predicted octanol–water partition coefficient (Wildman–Crippen LogP) is 0.667. The van der Waals surface area contributed by atoms with Gasteiger partial charge in [-0.15, -0.1) is 0 Å². The summed E-state index contributed by atoms with van der Waals surface area (Å²) < 4.78 is 5.41. The fourth-order valence-corrected chi connectivity index (χ4v) is 2.26. The molecule has 0 spiro atoms. The van der Waals surface area contributed by atoms with Crippen LogP contribution in [0.2, 0.25) is 0 Å². The van der Waals surface area contributed by atoms with E-state index in [0.717, 1.165) is 26.3 Å². The molecule has 3 heteroatoms. The highest BCUT2D eigenvalue weighted by molar-refractivity contribution is 5.87. The quantitative estimate of drug-likeness (QED) is 0.556. The van der Waals surface area contributed by atoms with Gasteiger partial charge >= 0.3 is 0 Å². The van der Waals surface area contributed by atoms with Gasteiger partial charge in [-0.25, -0.2) is 0 Å². The fourth-order valence-electron chi connectivity index (χ4n) is 2.26. The molecular formula is C10H15NO2. The van der Waals surface area contributed by atoms with Crippen LogP contribution in [0.15, 0.2) is 12.7 Å². The van der Waals surface area contributed by atoms with E-state index in [4.69, 9.17) is 4.74 Å². The van der Waals surface area contributed by atoms with Crippen LogP contribution in [-0.2, 0) is 9.53 Å². The first-order valence-electron chi connectivity index (χ1n) is 4.65. The van der Waals surface area contributed by atoms with Crippen molar-refractivity contribution >= 4 is 5.91 Å². The molecule has 0 aromatic rings. The van der Waals surface area contributed by atoms with Crippen molar-refractivity contribution < 1.29 is 9.53 Å². The van der Waals surface area contributed by atoms with Crippen LogP contribution in [0, 0.1) is 11.3 Å². The number of carbonyl (C=O) groups excluding carboxylic acids is 1. The maximum absolute atomic E-state index is 11.4. The zero-order valence-electron chi connectivity index (χ0n) is 7.95. The van der Waals surface area contributed by atoms with Crippen molar-refractivity contribution in [3.8, 4) is 0 Å². The second-order valence-electron chi connectivity index (χ2n) is 4.29. The first kappa shape index (κ1) is 8.75. The van der Waals surface area contributed by atoms with Crippen molar-refractivity contribution in [2.75, 3.05) is 26.3 Å². The fraction of sp³-hybridized carbons (Fsp3) is 0.700. The molecule has 2 unspecified atom stereocenters. The van der Waals surface area contributed by atoms with Gasteiger partial charge in [0.15, 0.2) is 0 Å². The summed E-state index contributed by atoms with van der Waals surface area (Å²) in [6.45, 7) is 8.94. The molecule has 2 atom stereocenters. The number of nitrogens with zero attached hydrogens (tertiary/aromatic N) is 1. The van der Waals surface area contributed by atoms with Gasteiger partial charge in [-0.1, -0.05) is 13.5 Å². The van der Waals surface area contributed by atoms with Crippen LogP contribution in [0.4, 0.5) is 0 Å². The van der Waals surface area contributed by atoms with Gasteiger partial charge in [0.25, 0.3) is 0 Å². The minimum atomic E-state index is 0.0515. The second-order valence-corrected chi connectivity index (χ2v) is 4.29. The van der Waals surface area contributed by atoms with Crippen molar-refractivity contribution in [1.29, 1.82) is 0 Å².